The number of nitrogens with one attached hydrogen (secondary N) is 1. The van der Waals surface area contributed by atoms with Gasteiger partial charge in [-0.3, -0.25) is 4.79 Å². The first kappa shape index (κ1) is 14.8. The third-order valence-corrected chi connectivity index (χ3v) is 3.97. The average molecular weight is 272 g/mol. The van der Waals surface area contributed by atoms with Gasteiger partial charge in [0.2, 0.25) is 5.91 Å². The highest BCUT2D eigenvalue weighted by molar-refractivity contribution is 5.83. The normalized spacial score (nSPS) is 16.8. The van der Waals surface area contributed by atoms with Crippen molar-refractivity contribution in [2.24, 2.45) is 11.0 Å². The fourth-order valence-corrected chi connectivity index (χ4v) is 2.59. The van der Waals surface area contributed by atoms with Crippen LogP contribution in [0.1, 0.15) is 63.0 Å². The summed E-state index contributed by atoms with van der Waals surface area (Å²) in [5, 5.41) is 4.07. The summed E-state index contributed by atoms with van der Waals surface area (Å²) < 4.78 is 0. The number of hydrazone groups is 1. The lowest BCUT2D eigenvalue weighted by molar-refractivity contribution is -0.125. The molecule has 1 aromatic carbocycles. The summed E-state index contributed by atoms with van der Waals surface area (Å²) in [5.74, 6) is 0.760. The lowest BCUT2D eigenvalue weighted by Crippen LogP contribution is -2.28. The number of hydrogen-bond donors (Lipinski definition) is 1. The van der Waals surface area contributed by atoms with E-state index in [0.29, 0.717) is 5.92 Å². The van der Waals surface area contributed by atoms with Crippen molar-refractivity contribution < 1.29 is 4.79 Å². The number of amides is 1. The maximum absolute atomic E-state index is 11.9. The molecule has 1 saturated carbocycles. The zero-order valence-electron chi connectivity index (χ0n) is 12.4. The molecule has 0 atom stereocenters. The molecule has 0 unspecified atom stereocenters. The molecule has 0 bridgehead atoms. The van der Waals surface area contributed by atoms with Gasteiger partial charge in [0.05, 0.1) is 6.21 Å². The van der Waals surface area contributed by atoms with Crippen molar-refractivity contribution >= 4 is 12.1 Å². The van der Waals surface area contributed by atoms with E-state index >= 15 is 0 Å². The van der Waals surface area contributed by atoms with Crippen molar-refractivity contribution in [3.63, 3.8) is 0 Å². The highest BCUT2D eigenvalue weighted by atomic mass is 16.2. The standard InChI is InChI=1S/C17H24N2O/c1-13(2)15-10-8-14(9-11-15)12-18-19-17(20)16-6-4-3-5-7-16/h8-13,16H,3-7H2,1-2H3,(H,19,20)/b18-12+. The van der Waals surface area contributed by atoms with Gasteiger partial charge in [0.25, 0.3) is 0 Å². The minimum absolute atomic E-state index is 0.0692. The van der Waals surface area contributed by atoms with Crippen LogP contribution in [-0.4, -0.2) is 12.1 Å². The van der Waals surface area contributed by atoms with E-state index < -0.39 is 0 Å². The van der Waals surface area contributed by atoms with Gasteiger partial charge in [0.15, 0.2) is 0 Å². The van der Waals surface area contributed by atoms with E-state index in [9.17, 15) is 4.79 Å². The van der Waals surface area contributed by atoms with Gasteiger partial charge in [0.1, 0.15) is 0 Å². The van der Waals surface area contributed by atoms with Gasteiger partial charge in [0, 0.05) is 5.92 Å². The predicted molar refractivity (Wildman–Crippen MR) is 82.8 cm³/mol. The van der Waals surface area contributed by atoms with Crippen LogP contribution in [0.4, 0.5) is 0 Å². The molecule has 1 amide bonds. The summed E-state index contributed by atoms with van der Waals surface area (Å²) in [6.07, 6.45) is 7.31. The monoisotopic (exact) mass is 272 g/mol. The molecule has 3 nitrogen and oxygen atoms in total. The molecule has 1 fully saturated rings. The van der Waals surface area contributed by atoms with E-state index in [-0.39, 0.29) is 11.8 Å². The van der Waals surface area contributed by atoms with E-state index in [1.165, 1.54) is 24.8 Å². The molecule has 2 rings (SSSR count). The van der Waals surface area contributed by atoms with Crippen LogP contribution in [0.25, 0.3) is 0 Å². The van der Waals surface area contributed by atoms with Gasteiger partial charge in [-0.1, -0.05) is 57.4 Å². The van der Waals surface area contributed by atoms with Crippen molar-refractivity contribution in [3.8, 4) is 0 Å². The molecule has 0 radical (unpaired) electrons. The number of benzene rings is 1. The first-order valence-electron chi connectivity index (χ1n) is 7.59. The molecule has 20 heavy (non-hydrogen) atoms. The molecule has 1 aliphatic carbocycles. The summed E-state index contributed by atoms with van der Waals surface area (Å²) in [7, 11) is 0. The second-order valence-corrected chi connectivity index (χ2v) is 5.89. The second kappa shape index (κ2) is 7.22. The SMILES string of the molecule is CC(C)c1ccc(/C=N/NC(=O)C2CCCCC2)cc1. The molecular formula is C17H24N2O. The number of rotatable bonds is 4. The molecule has 3 heteroatoms. The number of carbonyl (C=O) groups is 1. The van der Waals surface area contributed by atoms with Crippen LogP contribution in [0.5, 0.6) is 0 Å². The lowest BCUT2D eigenvalue weighted by Gasteiger charge is -2.19. The van der Waals surface area contributed by atoms with Gasteiger partial charge < -0.3 is 0 Å². The molecule has 0 spiro atoms. The molecule has 0 saturated heterocycles. The van der Waals surface area contributed by atoms with Crippen LogP contribution in [0.2, 0.25) is 0 Å². The molecule has 0 aromatic heterocycles. The third-order valence-electron chi connectivity index (χ3n) is 3.97. The summed E-state index contributed by atoms with van der Waals surface area (Å²) in [5.41, 5.74) is 4.99. The van der Waals surface area contributed by atoms with E-state index in [1.54, 1.807) is 6.21 Å². The van der Waals surface area contributed by atoms with E-state index in [1.807, 2.05) is 12.1 Å². The van der Waals surface area contributed by atoms with Crippen LogP contribution in [0.15, 0.2) is 29.4 Å². The Morgan fingerprint density at radius 1 is 1.20 bits per heavy atom. The highest BCUT2D eigenvalue weighted by Gasteiger charge is 2.20. The van der Waals surface area contributed by atoms with Crippen LogP contribution < -0.4 is 5.43 Å². The zero-order valence-corrected chi connectivity index (χ0v) is 12.4. The molecular weight excluding hydrogens is 248 g/mol. The Morgan fingerprint density at radius 2 is 1.85 bits per heavy atom. The number of carbonyl (C=O) groups excluding carboxylic acids is 1. The average Bonchev–Trinajstić information content (AvgIpc) is 2.48. The van der Waals surface area contributed by atoms with Gasteiger partial charge >= 0.3 is 0 Å². The molecule has 0 aliphatic heterocycles. The van der Waals surface area contributed by atoms with Gasteiger partial charge in [-0.2, -0.15) is 5.10 Å². The van der Waals surface area contributed by atoms with E-state index in [4.69, 9.17) is 0 Å². The summed E-state index contributed by atoms with van der Waals surface area (Å²) in [6.45, 7) is 4.35. The van der Waals surface area contributed by atoms with Gasteiger partial charge in [-0.05, 0) is 29.9 Å². The molecule has 1 N–H and O–H groups in total. The lowest BCUT2D eigenvalue weighted by atomic mass is 9.89. The zero-order chi connectivity index (χ0) is 14.4. The molecule has 0 heterocycles. The Kier molecular flexibility index (Phi) is 5.33. The molecule has 108 valence electrons. The first-order chi connectivity index (χ1) is 9.66. The Balaban J connectivity index is 1.84. The number of hydrogen-bond acceptors (Lipinski definition) is 2. The van der Waals surface area contributed by atoms with Crippen molar-refractivity contribution in [1.29, 1.82) is 0 Å². The predicted octanol–water partition coefficient (Wildman–Crippen LogP) is 3.84. The Hall–Kier alpha value is -1.64. The van der Waals surface area contributed by atoms with Crippen LogP contribution in [-0.2, 0) is 4.79 Å². The summed E-state index contributed by atoms with van der Waals surface area (Å²) in [4.78, 5) is 11.9. The number of nitrogens with zero attached hydrogens (tertiary/aromatic N) is 1. The Morgan fingerprint density at radius 3 is 2.45 bits per heavy atom. The Labute approximate surface area is 121 Å². The first-order valence-corrected chi connectivity index (χ1v) is 7.59. The Bertz CT molecular complexity index is 456. The molecule has 1 aliphatic rings. The smallest absolute Gasteiger partial charge is 0.243 e. The van der Waals surface area contributed by atoms with Crippen LogP contribution in [0, 0.1) is 5.92 Å². The van der Waals surface area contributed by atoms with Gasteiger partial charge in [-0.15, -0.1) is 0 Å². The minimum Gasteiger partial charge on any atom is -0.273 e. The maximum atomic E-state index is 11.9. The maximum Gasteiger partial charge on any atom is 0.243 e. The third kappa shape index (κ3) is 4.19. The van der Waals surface area contributed by atoms with Crippen LogP contribution in [0.3, 0.4) is 0 Å². The van der Waals surface area contributed by atoms with E-state index in [0.717, 1.165) is 18.4 Å². The van der Waals surface area contributed by atoms with Crippen molar-refractivity contribution in [2.75, 3.05) is 0 Å². The largest absolute Gasteiger partial charge is 0.273 e. The van der Waals surface area contributed by atoms with Crippen LogP contribution >= 0.6 is 0 Å². The summed E-state index contributed by atoms with van der Waals surface area (Å²) in [6, 6.07) is 8.28. The highest BCUT2D eigenvalue weighted by Crippen LogP contribution is 2.23. The summed E-state index contributed by atoms with van der Waals surface area (Å²) >= 11 is 0. The quantitative estimate of drug-likeness (QED) is 0.656. The minimum atomic E-state index is 0.0692. The van der Waals surface area contributed by atoms with Crippen molar-refractivity contribution in [1.82, 2.24) is 5.43 Å². The van der Waals surface area contributed by atoms with Crippen molar-refractivity contribution in [3.05, 3.63) is 35.4 Å². The second-order valence-electron chi connectivity index (χ2n) is 5.89. The fraction of sp³-hybridized carbons (Fsp3) is 0.529. The molecule has 1 aromatic rings. The van der Waals surface area contributed by atoms with E-state index in [2.05, 4.69) is 36.5 Å². The van der Waals surface area contributed by atoms with Crippen molar-refractivity contribution in [2.45, 2.75) is 51.9 Å². The topological polar surface area (TPSA) is 41.5 Å². The van der Waals surface area contributed by atoms with Gasteiger partial charge in [-0.25, -0.2) is 5.43 Å². The fourth-order valence-electron chi connectivity index (χ4n) is 2.59.